The van der Waals surface area contributed by atoms with Gasteiger partial charge in [-0.2, -0.15) is 4.57 Å². The molecule has 2 aromatic heterocycles. The van der Waals surface area contributed by atoms with Gasteiger partial charge in [-0.25, -0.2) is 0 Å². The fourth-order valence-electron chi connectivity index (χ4n) is 3.75. The molecular weight excluding hydrogens is 320 g/mol. The second-order valence-corrected chi connectivity index (χ2v) is 6.64. The van der Waals surface area contributed by atoms with E-state index in [0.717, 1.165) is 38.4 Å². The first-order valence-electron chi connectivity index (χ1n) is 10.0. The Kier molecular flexibility index (Phi) is 2.53. The van der Waals surface area contributed by atoms with Crippen LogP contribution < -0.4 is 4.57 Å². The van der Waals surface area contributed by atoms with Crippen molar-refractivity contribution in [1.82, 2.24) is 4.98 Å². The van der Waals surface area contributed by atoms with E-state index in [1.165, 1.54) is 0 Å². The summed E-state index contributed by atoms with van der Waals surface area (Å²) in [4.78, 5) is 4.26. The summed E-state index contributed by atoms with van der Waals surface area (Å²) in [5.74, 6) is 0. The predicted molar refractivity (Wildman–Crippen MR) is 105 cm³/mol. The lowest BCUT2D eigenvalue weighted by atomic mass is 9.95. The normalized spacial score (nSPS) is 13.8. The number of furan rings is 1. The third-order valence-corrected chi connectivity index (χ3v) is 5.12. The van der Waals surface area contributed by atoms with Crippen molar-refractivity contribution in [1.29, 1.82) is 0 Å². The molecule has 0 amide bonds. The Morgan fingerprint density at radius 1 is 1.12 bits per heavy atom. The van der Waals surface area contributed by atoms with Crippen molar-refractivity contribution in [2.24, 2.45) is 7.05 Å². The summed E-state index contributed by atoms with van der Waals surface area (Å²) in [5, 5.41) is 3.89. The smallest absolute Gasteiger partial charge is 0.234 e. The monoisotopic (exact) mass is 342 g/mol. The molecule has 5 rings (SSSR count). The van der Waals surface area contributed by atoms with Gasteiger partial charge >= 0.3 is 0 Å². The van der Waals surface area contributed by atoms with Gasteiger partial charge in [-0.05, 0) is 47.8 Å². The average Bonchev–Trinajstić information content (AvgIpc) is 3.06. The van der Waals surface area contributed by atoms with Gasteiger partial charge in [0.2, 0.25) is 5.69 Å². The van der Waals surface area contributed by atoms with Crippen LogP contribution in [-0.4, -0.2) is 4.98 Å². The molecule has 26 heavy (non-hydrogen) atoms. The summed E-state index contributed by atoms with van der Waals surface area (Å²) in [6.45, 7) is -0.392. The van der Waals surface area contributed by atoms with E-state index < -0.39 is 6.85 Å². The first kappa shape index (κ1) is 12.2. The zero-order chi connectivity index (χ0) is 20.3. The molecule has 0 saturated heterocycles. The SMILES string of the molecule is [2H]C([2H])([2H])c1cc2c(oc3ccc4ccccc4c32)c(-c2cncc[n+]2C)c1C. The third kappa shape index (κ3) is 2.00. The molecule has 3 aromatic carbocycles. The lowest BCUT2D eigenvalue weighted by Crippen LogP contribution is -2.30. The molecule has 0 aliphatic carbocycles. The topological polar surface area (TPSA) is 29.9 Å². The molecule has 0 bridgehead atoms. The minimum Gasteiger partial charge on any atom is -0.455 e. The van der Waals surface area contributed by atoms with Crippen LogP contribution in [0.25, 0.3) is 44.0 Å². The number of nitrogens with zero attached hydrogens (tertiary/aromatic N) is 2. The first-order valence-corrected chi connectivity index (χ1v) is 8.54. The maximum Gasteiger partial charge on any atom is 0.234 e. The molecule has 126 valence electrons. The molecule has 3 nitrogen and oxygen atoms in total. The van der Waals surface area contributed by atoms with Gasteiger partial charge in [0.25, 0.3) is 0 Å². The van der Waals surface area contributed by atoms with Gasteiger partial charge in [0.15, 0.2) is 6.20 Å². The van der Waals surface area contributed by atoms with Crippen molar-refractivity contribution in [2.45, 2.75) is 13.8 Å². The summed E-state index contributed by atoms with van der Waals surface area (Å²) < 4.78 is 32.6. The fourth-order valence-corrected chi connectivity index (χ4v) is 3.75. The summed E-state index contributed by atoms with van der Waals surface area (Å²) >= 11 is 0. The van der Waals surface area contributed by atoms with E-state index in [0.29, 0.717) is 16.7 Å². The summed E-state index contributed by atoms with van der Waals surface area (Å²) in [5.41, 5.74) is 4.02. The highest BCUT2D eigenvalue weighted by atomic mass is 16.3. The first-order chi connectivity index (χ1) is 13.9. The predicted octanol–water partition coefficient (Wildman–Crippen LogP) is 5.24. The molecule has 0 unspecified atom stereocenters. The van der Waals surface area contributed by atoms with E-state index in [2.05, 4.69) is 11.1 Å². The van der Waals surface area contributed by atoms with E-state index in [-0.39, 0.29) is 0 Å². The van der Waals surface area contributed by atoms with Crippen LogP contribution in [0, 0.1) is 13.8 Å². The highest BCUT2D eigenvalue weighted by Crippen LogP contribution is 2.40. The molecule has 0 fully saturated rings. The molecule has 3 heteroatoms. The Morgan fingerprint density at radius 2 is 2.00 bits per heavy atom. The number of hydrogen-bond donors (Lipinski definition) is 0. The van der Waals surface area contributed by atoms with Crippen LogP contribution in [0.5, 0.6) is 0 Å². The van der Waals surface area contributed by atoms with Crippen LogP contribution in [0.1, 0.15) is 15.2 Å². The van der Waals surface area contributed by atoms with Gasteiger partial charge in [0, 0.05) is 14.9 Å². The zero-order valence-corrected chi connectivity index (χ0v) is 14.6. The molecular formula is C23H19N2O+. The number of aryl methyl sites for hydroxylation is 2. The number of aromatic nitrogens is 2. The van der Waals surface area contributed by atoms with Crippen molar-refractivity contribution >= 4 is 32.7 Å². The lowest BCUT2D eigenvalue weighted by molar-refractivity contribution is -0.660. The molecule has 0 aliphatic heterocycles. The number of benzene rings is 3. The van der Waals surface area contributed by atoms with E-state index >= 15 is 0 Å². The van der Waals surface area contributed by atoms with Crippen LogP contribution in [-0.2, 0) is 7.05 Å². The minimum atomic E-state index is -2.23. The van der Waals surface area contributed by atoms with Crippen LogP contribution in [0.15, 0.2) is 65.5 Å². The molecule has 5 aromatic rings. The second-order valence-electron chi connectivity index (χ2n) is 6.64. The molecule has 0 N–H and O–H groups in total. The number of rotatable bonds is 1. The van der Waals surface area contributed by atoms with Crippen molar-refractivity contribution < 1.29 is 13.1 Å². The van der Waals surface area contributed by atoms with Crippen LogP contribution in [0.3, 0.4) is 0 Å². The van der Waals surface area contributed by atoms with Crippen molar-refractivity contribution in [3.05, 3.63) is 72.2 Å². The molecule has 0 spiro atoms. The standard InChI is InChI=1S/C23H19N2O/c1-14-12-18-22-17-7-5-4-6-16(17)8-9-20(22)26-23(18)21(15(14)2)19-13-24-10-11-25(19)3/h4-13H,1-3H3/q+1/i1D3. The van der Waals surface area contributed by atoms with Gasteiger partial charge in [-0.1, -0.05) is 30.3 Å². The van der Waals surface area contributed by atoms with Crippen LogP contribution >= 0.6 is 0 Å². The molecule has 0 atom stereocenters. The molecule has 0 aliphatic rings. The molecule has 2 heterocycles. The lowest BCUT2D eigenvalue weighted by Gasteiger charge is -2.08. The Hall–Kier alpha value is -3.20. The quantitative estimate of drug-likeness (QED) is 0.390. The van der Waals surface area contributed by atoms with Gasteiger partial charge in [-0.15, -0.1) is 0 Å². The van der Waals surface area contributed by atoms with Crippen molar-refractivity contribution in [2.75, 3.05) is 0 Å². The number of hydrogen-bond acceptors (Lipinski definition) is 2. The Morgan fingerprint density at radius 3 is 2.85 bits per heavy atom. The third-order valence-electron chi connectivity index (χ3n) is 5.12. The Labute approximate surface area is 155 Å². The number of fused-ring (bicyclic) bond motifs is 5. The highest BCUT2D eigenvalue weighted by molar-refractivity contribution is 6.20. The summed E-state index contributed by atoms with van der Waals surface area (Å²) in [7, 11) is 1.92. The van der Waals surface area contributed by atoms with E-state index in [4.69, 9.17) is 8.53 Å². The summed E-state index contributed by atoms with van der Waals surface area (Å²) in [6, 6.07) is 13.8. The van der Waals surface area contributed by atoms with E-state index in [1.54, 1.807) is 18.5 Å². The Bertz CT molecular complexity index is 1420. The van der Waals surface area contributed by atoms with Gasteiger partial charge in [0.1, 0.15) is 18.2 Å². The largest absolute Gasteiger partial charge is 0.455 e. The van der Waals surface area contributed by atoms with Crippen LogP contribution in [0.4, 0.5) is 0 Å². The molecule has 0 saturated carbocycles. The van der Waals surface area contributed by atoms with E-state index in [9.17, 15) is 0 Å². The van der Waals surface area contributed by atoms with Gasteiger partial charge in [0.05, 0.1) is 18.0 Å². The Balaban J connectivity index is 2.04. The minimum absolute atomic E-state index is 0.333. The van der Waals surface area contributed by atoms with Crippen LogP contribution in [0.2, 0.25) is 0 Å². The fraction of sp³-hybridized carbons (Fsp3) is 0.130. The second kappa shape index (κ2) is 5.40. The highest BCUT2D eigenvalue weighted by Gasteiger charge is 2.22. The maximum absolute atomic E-state index is 8.11. The van der Waals surface area contributed by atoms with E-state index in [1.807, 2.05) is 55.1 Å². The maximum atomic E-state index is 8.11. The average molecular weight is 342 g/mol. The zero-order valence-electron chi connectivity index (χ0n) is 17.6. The van der Waals surface area contributed by atoms with Gasteiger partial charge in [-0.3, -0.25) is 4.98 Å². The van der Waals surface area contributed by atoms with Crippen molar-refractivity contribution in [3.8, 4) is 11.3 Å². The summed E-state index contributed by atoms with van der Waals surface area (Å²) in [6.07, 6.45) is 5.30. The van der Waals surface area contributed by atoms with Crippen molar-refractivity contribution in [3.63, 3.8) is 0 Å². The molecule has 0 radical (unpaired) electrons. The van der Waals surface area contributed by atoms with Gasteiger partial charge < -0.3 is 4.42 Å².